The molecule has 0 unspecified atom stereocenters. The van der Waals surface area contributed by atoms with Crippen molar-refractivity contribution in [3.63, 3.8) is 0 Å². The van der Waals surface area contributed by atoms with Gasteiger partial charge in [0.1, 0.15) is 5.65 Å². The van der Waals surface area contributed by atoms with Crippen LogP contribution in [0.3, 0.4) is 0 Å². The maximum atomic E-state index is 5.72. The van der Waals surface area contributed by atoms with Crippen LogP contribution in [0.5, 0.6) is 11.5 Å². The SMILES string of the molecule is CCOc1ccc(-c2cc3nccn3c(SCC)n2)cc1OCC. The Hall–Kier alpha value is -2.21. The number of aromatic nitrogens is 3. The Bertz CT molecular complexity index is 832. The lowest BCUT2D eigenvalue weighted by atomic mass is 10.1. The molecule has 0 aliphatic heterocycles. The van der Waals surface area contributed by atoms with Crippen LogP contribution in [0.2, 0.25) is 0 Å². The fourth-order valence-electron chi connectivity index (χ4n) is 2.48. The summed E-state index contributed by atoms with van der Waals surface area (Å²) >= 11 is 1.70. The van der Waals surface area contributed by atoms with Crippen molar-refractivity contribution >= 4 is 17.4 Å². The van der Waals surface area contributed by atoms with Gasteiger partial charge in [0.2, 0.25) is 0 Å². The molecule has 2 aromatic heterocycles. The van der Waals surface area contributed by atoms with Crippen LogP contribution in [-0.2, 0) is 0 Å². The molecule has 0 radical (unpaired) electrons. The number of fused-ring (bicyclic) bond motifs is 1. The highest BCUT2D eigenvalue weighted by atomic mass is 32.2. The molecular weight excluding hydrogens is 322 g/mol. The van der Waals surface area contributed by atoms with Gasteiger partial charge in [-0.1, -0.05) is 18.7 Å². The maximum Gasteiger partial charge on any atom is 0.174 e. The van der Waals surface area contributed by atoms with Crippen LogP contribution in [0.15, 0.2) is 41.8 Å². The highest BCUT2D eigenvalue weighted by molar-refractivity contribution is 7.99. The normalized spacial score (nSPS) is 11.0. The van der Waals surface area contributed by atoms with Gasteiger partial charge >= 0.3 is 0 Å². The van der Waals surface area contributed by atoms with Crippen LogP contribution in [-0.4, -0.2) is 33.3 Å². The molecule has 0 saturated carbocycles. The zero-order valence-corrected chi connectivity index (χ0v) is 15.0. The van der Waals surface area contributed by atoms with E-state index >= 15 is 0 Å². The number of imidazole rings is 1. The molecule has 0 N–H and O–H groups in total. The van der Waals surface area contributed by atoms with Crippen LogP contribution in [0, 0.1) is 0 Å². The van der Waals surface area contributed by atoms with Crippen LogP contribution in [0.25, 0.3) is 16.9 Å². The van der Waals surface area contributed by atoms with Gasteiger partial charge in [-0.2, -0.15) is 0 Å². The van der Waals surface area contributed by atoms with Crippen molar-refractivity contribution in [1.29, 1.82) is 0 Å². The van der Waals surface area contributed by atoms with Crippen LogP contribution in [0.1, 0.15) is 20.8 Å². The third-order valence-electron chi connectivity index (χ3n) is 3.47. The van der Waals surface area contributed by atoms with E-state index in [2.05, 4.69) is 11.9 Å². The van der Waals surface area contributed by atoms with Gasteiger partial charge in [0.05, 0.1) is 18.9 Å². The number of hydrogen-bond donors (Lipinski definition) is 0. The second kappa shape index (κ2) is 7.57. The molecule has 126 valence electrons. The second-order valence-corrected chi connectivity index (χ2v) is 6.27. The Morgan fingerprint density at radius 1 is 1.04 bits per heavy atom. The Labute approximate surface area is 146 Å². The molecule has 3 aromatic rings. The molecule has 2 heterocycles. The number of ether oxygens (including phenoxy) is 2. The predicted molar refractivity (Wildman–Crippen MR) is 97.2 cm³/mol. The van der Waals surface area contributed by atoms with Gasteiger partial charge in [-0.25, -0.2) is 9.97 Å². The van der Waals surface area contributed by atoms with Gasteiger partial charge in [-0.3, -0.25) is 4.40 Å². The van der Waals surface area contributed by atoms with Crippen molar-refractivity contribution in [3.05, 3.63) is 36.7 Å². The van der Waals surface area contributed by atoms with Gasteiger partial charge in [0, 0.05) is 24.0 Å². The zero-order chi connectivity index (χ0) is 16.9. The summed E-state index contributed by atoms with van der Waals surface area (Å²) in [7, 11) is 0. The van der Waals surface area contributed by atoms with E-state index in [1.807, 2.05) is 48.7 Å². The van der Waals surface area contributed by atoms with Gasteiger partial charge in [0.15, 0.2) is 16.7 Å². The minimum absolute atomic E-state index is 0.590. The summed E-state index contributed by atoms with van der Waals surface area (Å²) in [6.07, 6.45) is 3.73. The average Bonchev–Trinajstić information content (AvgIpc) is 3.06. The molecule has 0 aliphatic carbocycles. The van der Waals surface area contributed by atoms with Crippen LogP contribution >= 0.6 is 11.8 Å². The van der Waals surface area contributed by atoms with E-state index in [9.17, 15) is 0 Å². The third-order valence-corrected chi connectivity index (χ3v) is 4.30. The first kappa shape index (κ1) is 16.6. The molecule has 0 aliphatic rings. The van der Waals surface area contributed by atoms with Gasteiger partial charge < -0.3 is 9.47 Å². The summed E-state index contributed by atoms with van der Waals surface area (Å²) in [4.78, 5) is 9.21. The van der Waals surface area contributed by atoms with Gasteiger partial charge in [0.25, 0.3) is 0 Å². The molecule has 0 saturated heterocycles. The monoisotopic (exact) mass is 343 g/mol. The number of benzene rings is 1. The van der Waals surface area contributed by atoms with Gasteiger partial charge in [-0.05, 0) is 37.8 Å². The number of nitrogens with zero attached hydrogens (tertiary/aromatic N) is 3. The Balaban J connectivity index is 2.07. The highest BCUT2D eigenvalue weighted by Crippen LogP contribution is 2.33. The summed E-state index contributed by atoms with van der Waals surface area (Å²) in [5.41, 5.74) is 2.77. The Kier molecular flexibility index (Phi) is 5.25. The van der Waals surface area contributed by atoms with Crippen molar-refractivity contribution in [2.24, 2.45) is 0 Å². The number of thioether (sulfide) groups is 1. The van der Waals surface area contributed by atoms with Crippen molar-refractivity contribution < 1.29 is 9.47 Å². The van der Waals surface area contributed by atoms with E-state index in [-0.39, 0.29) is 0 Å². The van der Waals surface area contributed by atoms with Crippen molar-refractivity contribution in [2.45, 2.75) is 25.9 Å². The predicted octanol–water partition coefficient (Wildman–Crippen LogP) is 4.31. The first-order valence-electron chi connectivity index (χ1n) is 8.13. The number of rotatable bonds is 7. The van der Waals surface area contributed by atoms with Gasteiger partial charge in [-0.15, -0.1) is 0 Å². The van der Waals surface area contributed by atoms with Crippen molar-refractivity contribution in [1.82, 2.24) is 14.4 Å². The lowest BCUT2D eigenvalue weighted by molar-refractivity contribution is 0.288. The molecule has 0 spiro atoms. The average molecular weight is 343 g/mol. The Morgan fingerprint density at radius 3 is 2.58 bits per heavy atom. The first-order chi connectivity index (χ1) is 11.8. The van der Waals surface area contributed by atoms with Crippen molar-refractivity contribution in [3.8, 4) is 22.8 Å². The second-order valence-electron chi connectivity index (χ2n) is 5.04. The topological polar surface area (TPSA) is 48.7 Å². The van der Waals surface area contributed by atoms with E-state index in [0.717, 1.165) is 39.3 Å². The molecule has 0 amide bonds. The highest BCUT2D eigenvalue weighted by Gasteiger charge is 2.12. The fourth-order valence-corrected chi connectivity index (χ4v) is 3.20. The molecule has 3 rings (SSSR count). The third kappa shape index (κ3) is 3.33. The maximum absolute atomic E-state index is 5.72. The van der Waals surface area contributed by atoms with Crippen LogP contribution in [0.4, 0.5) is 0 Å². The molecule has 1 aromatic carbocycles. The summed E-state index contributed by atoms with van der Waals surface area (Å²) in [6.45, 7) is 7.24. The lowest BCUT2D eigenvalue weighted by Crippen LogP contribution is -2.00. The minimum atomic E-state index is 0.590. The van der Waals surface area contributed by atoms with E-state index in [1.165, 1.54) is 0 Å². The van der Waals surface area contributed by atoms with E-state index in [0.29, 0.717) is 13.2 Å². The molecule has 0 bridgehead atoms. The quantitative estimate of drug-likeness (QED) is 0.473. The molecular formula is C18H21N3O2S. The molecule has 5 nitrogen and oxygen atoms in total. The molecule has 24 heavy (non-hydrogen) atoms. The fraction of sp³-hybridized carbons (Fsp3) is 0.333. The van der Waals surface area contributed by atoms with E-state index < -0.39 is 0 Å². The van der Waals surface area contributed by atoms with E-state index in [1.54, 1.807) is 18.0 Å². The molecule has 0 atom stereocenters. The Morgan fingerprint density at radius 2 is 1.83 bits per heavy atom. The summed E-state index contributed by atoms with van der Waals surface area (Å²) in [6, 6.07) is 7.92. The lowest BCUT2D eigenvalue weighted by Gasteiger charge is -2.13. The first-order valence-corrected chi connectivity index (χ1v) is 9.12. The number of hydrogen-bond acceptors (Lipinski definition) is 5. The smallest absolute Gasteiger partial charge is 0.174 e. The van der Waals surface area contributed by atoms with Crippen LogP contribution < -0.4 is 9.47 Å². The molecule has 0 fully saturated rings. The summed E-state index contributed by atoms with van der Waals surface area (Å²) in [5, 5.41) is 0.939. The van der Waals surface area contributed by atoms with Crippen molar-refractivity contribution in [2.75, 3.05) is 19.0 Å². The standard InChI is InChI=1S/C18H21N3O2S/c1-4-22-15-8-7-13(11-16(15)23-5-2)14-12-17-19-9-10-21(17)18(20-14)24-6-3/h7-12H,4-6H2,1-3H3. The van der Waals surface area contributed by atoms with E-state index in [4.69, 9.17) is 14.5 Å². The zero-order valence-electron chi connectivity index (χ0n) is 14.2. The summed E-state index contributed by atoms with van der Waals surface area (Å²) in [5.74, 6) is 2.46. The largest absolute Gasteiger partial charge is 0.490 e. The summed E-state index contributed by atoms with van der Waals surface area (Å²) < 4.78 is 13.4. The molecule has 6 heteroatoms. The minimum Gasteiger partial charge on any atom is -0.490 e.